The molecule has 0 heterocycles. The van der Waals surface area contributed by atoms with Crippen molar-refractivity contribution in [1.82, 2.24) is 0 Å². The number of carboxylic acids is 3. The SMILES string of the molecule is O=C([O-])CC(O)(CC(=O)[O-])C(=O)[O-].[Li+].[Mg+2]. The van der Waals surface area contributed by atoms with E-state index in [1.807, 2.05) is 0 Å². The number of carboxylic acid groups (broad SMARTS) is 3. The number of carbonyl (C=O) groups is 3. The first-order chi connectivity index (χ1) is 5.78. The van der Waals surface area contributed by atoms with Gasteiger partial charge >= 0.3 is 41.9 Å². The van der Waals surface area contributed by atoms with Crippen molar-refractivity contribution in [2.45, 2.75) is 18.4 Å². The van der Waals surface area contributed by atoms with Crippen LogP contribution in [-0.2, 0) is 14.4 Å². The van der Waals surface area contributed by atoms with Crippen LogP contribution < -0.4 is 34.2 Å². The number of hydrogen-bond acceptors (Lipinski definition) is 7. The van der Waals surface area contributed by atoms with E-state index >= 15 is 0 Å². The zero-order chi connectivity index (χ0) is 10.6. The third-order valence-corrected chi connectivity index (χ3v) is 1.25. The average molecular weight is 220 g/mol. The van der Waals surface area contributed by atoms with Crippen molar-refractivity contribution in [2.75, 3.05) is 0 Å². The molecule has 0 saturated carbocycles. The van der Waals surface area contributed by atoms with Crippen molar-refractivity contribution in [2.24, 2.45) is 0 Å². The van der Waals surface area contributed by atoms with E-state index in [4.69, 9.17) is 5.11 Å². The average Bonchev–Trinajstić information content (AvgIpc) is 1.82. The minimum atomic E-state index is -2.97. The largest absolute Gasteiger partial charge is 2.00 e. The van der Waals surface area contributed by atoms with Gasteiger partial charge in [0.2, 0.25) is 0 Å². The molecular weight excluding hydrogens is 215 g/mol. The van der Waals surface area contributed by atoms with Crippen LogP contribution in [0.5, 0.6) is 0 Å². The fraction of sp³-hybridized carbons (Fsp3) is 0.500. The number of aliphatic hydroxyl groups is 1. The first kappa shape index (κ1) is 20.2. The van der Waals surface area contributed by atoms with E-state index in [1.165, 1.54) is 0 Å². The van der Waals surface area contributed by atoms with E-state index in [0.29, 0.717) is 0 Å². The summed E-state index contributed by atoms with van der Waals surface area (Å²) in [4.78, 5) is 30.0. The van der Waals surface area contributed by atoms with Gasteiger partial charge in [-0.05, 0) is 0 Å². The van der Waals surface area contributed by atoms with Gasteiger partial charge in [0, 0.05) is 24.8 Å². The zero-order valence-electron chi connectivity index (χ0n) is 8.02. The molecule has 0 bridgehead atoms. The van der Waals surface area contributed by atoms with E-state index in [2.05, 4.69) is 0 Å². The zero-order valence-corrected chi connectivity index (χ0v) is 9.43. The van der Waals surface area contributed by atoms with E-state index in [1.54, 1.807) is 0 Å². The second-order valence-electron chi connectivity index (χ2n) is 2.42. The summed E-state index contributed by atoms with van der Waals surface area (Å²) in [6.45, 7) is 0. The predicted molar refractivity (Wildman–Crippen MR) is 35.0 cm³/mol. The molecule has 0 spiro atoms. The summed E-state index contributed by atoms with van der Waals surface area (Å²) in [5.41, 5.74) is -2.97. The Labute approximate surface area is 113 Å². The van der Waals surface area contributed by atoms with E-state index in [9.17, 15) is 29.7 Å². The van der Waals surface area contributed by atoms with Gasteiger partial charge in [-0.15, -0.1) is 0 Å². The summed E-state index contributed by atoms with van der Waals surface area (Å²) >= 11 is 0. The Balaban J connectivity index is -0.000000720. The topological polar surface area (TPSA) is 141 Å². The van der Waals surface area contributed by atoms with Crippen LogP contribution in [0.3, 0.4) is 0 Å². The molecule has 0 aliphatic carbocycles. The van der Waals surface area contributed by atoms with Gasteiger partial charge in [0.1, 0.15) is 5.60 Å². The van der Waals surface area contributed by atoms with Crippen LogP contribution in [-0.4, -0.2) is 51.7 Å². The third-order valence-electron chi connectivity index (χ3n) is 1.25. The van der Waals surface area contributed by atoms with Gasteiger partial charge < -0.3 is 34.8 Å². The Bertz CT molecular complexity index is 238. The maximum Gasteiger partial charge on any atom is 2.00 e. The second-order valence-corrected chi connectivity index (χ2v) is 2.42. The number of carbonyl (C=O) groups excluding carboxylic acids is 3. The van der Waals surface area contributed by atoms with Crippen molar-refractivity contribution >= 4 is 41.0 Å². The predicted octanol–water partition coefficient (Wildman–Crippen LogP) is -8.63. The van der Waals surface area contributed by atoms with Crippen molar-refractivity contribution in [3.05, 3.63) is 0 Å². The standard InChI is InChI=1S/C6H8O7.Li.Mg/c7-3(8)1-6(13,5(11)12)2-4(9)10;;/h13H,1-2H2,(H,7,8)(H,9,10)(H,11,12);;/q;+1;+2/p-3. The Kier molecular flexibility index (Phi) is 10.7. The normalized spacial score (nSPS) is 9.40. The maximum atomic E-state index is 10.1. The van der Waals surface area contributed by atoms with Crippen LogP contribution in [0, 0.1) is 0 Å². The van der Waals surface area contributed by atoms with Crippen LogP contribution in [0.15, 0.2) is 0 Å². The quantitative estimate of drug-likeness (QED) is 0.453. The Morgan fingerprint density at radius 2 is 1.27 bits per heavy atom. The first-order valence-electron chi connectivity index (χ1n) is 3.11. The molecule has 0 radical (unpaired) electrons. The molecule has 7 nitrogen and oxygen atoms in total. The monoisotopic (exact) mass is 220 g/mol. The molecule has 0 aliphatic rings. The van der Waals surface area contributed by atoms with Crippen LogP contribution in [0.1, 0.15) is 12.8 Å². The molecule has 9 heteroatoms. The summed E-state index contributed by atoms with van der Waals surface area (Å²) < 4.78 is 0. The van der Waals surface area contributed by atoms with Crippen molar-refractivity contribution in [3.8, 4) is 0 Å². The van der Waals surface area contributed by atoms with Crippen molar-refractivity contribution in [3.63, 3.8) is 0 Å². The molecule has 74 valence electrons. The Morgan fingerprint density at radius 1 is 1.00 bits per heavy atom. The van der Waals surface area contributed by atoms with Gasteiger partial charge in [0.15, 0.2) is 0 Å². The third kappa shape index (κ3) is 7.64. The van der Waals surface area contributed by atoms with Gasteiger partial charge in [-0.2, -0.15) is 0 Å². The Hall–Kier alpha value is -0.266. The summed E-state index contributed by atoms with van der Waals surface area (Å²) in [6, 6.07) is 0. The van der Waals surface area contributed by atoms with Gasteiger partial charge in [0.05, 0.1) is 5.97 Å². The molecule has 0 aromatic rings. The van der Waals surface area contributed by atoms with E-state index < -0.39 is 36.4 Å². The molecule has 0 aromatic carbocycles. The number of aliphatic carboxylic acids is 3. The molecule has 15 heavy (non-hydrogen) atoms. The van der Waals surface area contributed by atoms with Crippen molar-refractivity contribution in [1.29, 1.82) is 0 Å². The first-order valence-corrected chi connectivity index (χ1v) is 3.11. The van der Waals surface area contributed by atoms with Gasteiger partial charge in [-0.3, -0.25) is 0 Å². The smallest absolute Gasteiger partial charge is 0.550 e. The molecule has 1 N–H and O–H groups in total. The summed E-state index contributed by atoms with van der Waals surface area (Å²) in [6.07, 6.45) is -2.72. The maximum absolute atomic E-state index is 10.1. The molecule has 0 amide bonds. The van der Waals surface area contributed by atoms with Crippen LogP contribution in [0.2, 0.25) is 0 Å². The fourth-order valence-electron chi connectivity index (χ4n) is 0.684. The molecule has 0 aliphatic heterocycles. The van der Waals surface area contributed by atoms with Gasteiger partial charge in [0.25, 0.3) is 0 Å². The van der Waals surface area contributed by atoms with Crippen LogP contribution in [0.25, 0.3) is 0 Å². The molecule has 0 rings (SSSR count). The second kappa shape index (κ2) is 7.95. The van der Waals surface area contributed by atoms with Gasteiger partial charge in [-0.1, -0.05) is 0 Å². The van der Waals surface area contributed by atoms with Crippen LogP contribution >= 0.6 is 0 Å². The fourth-order valence-corrected chi connectivity index (χ4v) is 0.684. The van der Waals surface area contributed by atoms with E-state index in [0.717, 1.165) is 0 Å². The molecule has 0 saturated heterocycles. The Morgan fingerprint density at radius 3 is 1.40 bits per heavy atom. The van der Waals surface area contributed by atoms with Crippen molar-refractivity contribution < 1.29 is 53.7 Å². The summed E-state index contributed by atoms with van der Waals surface area (Å²) in [7, 11) is 0. The minimum absolute atomic E-state index is 0. The summed E-state index contributed by atoms with van der Waals surface area (Å²) in [5.74, 6) is -5.98. The molecule has 0 atom stereocenters. The van der Waals surface area contributed by atoms with Gasteiger partial charge in [-0.25, -0.2) is 0 Å². The number of rotatable bonds is 5. The summed E-state index contributed by atoms with van der Waals surface area (Å²) in [5, 5.41) is 38.9. The van der Waals surface area contributed by atoms with E-state index in [-0.39, 0.29) is 41.9 Å². The molecule has 0 unspecified atom stereocenters. The van der Waals surface area contributed by atoms with Crippen LogP contribution in [0.4, 0.5) is 0 Å². The minimum Gasteiger partial charge on any atom is -0.550 e. The number of hydrogen-bond donors (Lipinski definition) is 1. The molecule has 0 fully saturated rings. The molecular formula is C6H5LiMgO7. The molecule has 0 aromatic heterocycles.